The van der Waals surface area contributed by atoms with E-state index < -0.39 is 11.9 Å². The number of benzene rings is 1. The van der Waals surface area contributed by atoms with E-state index in [1.807, 2.05) is 0 Å². The summed E-state index contributed by atoms with van der Waals surface area (Å²) in [7, 11) is 0. The second kappa shape index (κ2) is 6.53. The predicted octanol–water partition coefficient (Wildman–Crippen LogP) is 0.138. The molecule has 4 rings (SSSR count). The van der Waals surface area contributed by atoms with Gasteiger partial charge >= 0.3 is 0 Å². The van der Waals surface area contributed by atoms with Gasteiger partial charge in [0.05, 0.1) is 6.04 Å². The molecule has 26 heavy (non-hydrogen) atoms. The first-order chi connectivity index (χ1) is 12.5. The summed E-state index contributed by atoms with van der Waals surface area (Å²) in [5.74, 6) is -1.11. The van der Waals surface area contributed by atoms with E-state index in [2.05, 4.69) is 16.0 Å². The summed E-state index contributed by atoms with van der Waals surface area (Å²) in [6, 6.07) is 4.32. The molecule has 0 radical (unpaired) electrons. The van der Waals surface area contributed by atoms with Crippen LogP contribution in [0.2, 0.25) is 0 Å². The number of amides is 4. The first-order valence-electron chi connectivity index (χ1n) is 8.85. The molecule has 2 unspecified atom stereocenters. The Kier molecular flexibility index (Phi) is 4.20. The fraction of sp³-hybridized carbons (Fsp3) is 0.444. The van der Waals surface area contributed by atoms with Crippen molar-refractivity contribution in [2.24, 2.45) is 0 Å². The largest absolute Gasteiger partial charge is 0.324 e. The molecular weight excluding hydrogens is 336 g/mol. The molecule has 1 aromatic rings. The van der Waals surface area contributed by atoms with Crippen LogP contribution in [0.4, 0.5) is 5.69 Å². The van der Waals surface area contributed by atoms with Crippen molar-refractivity contribution in [1.82, 2.24) is 15.5 Å². The molecule has 3 aliphatic rings. The monoisotopic (exact) mass is 356 g/mol. The lowest BCUT2D eigenvalue weighted by Gasteiger charge is -2.29. The molecule has 8 nitrogen and oxygen atoms in total. The van der Waals surface area contributed by atoms with Crippen molar-refractivity contribution < 1.29 is 19.2 Å². The van der Waals surface area contributed by atoms with Gasteiger partial charge in [-0.2, -0.15) is 0 Å². The summed E-state index contributed by atoms with van der Waals surface area (Å²) in [5, 5.41) is 8.35. The number of carbonyl (C=O) groups excluding carboxylic acids is 4. The van der Waals surface area contributed by atoms with Crippen molar-refractivity contribution in [1.29, 1.82) is 0 Å². The molecule has 4 amide bonds. The van der Waals surface area contributed by atoms with Gasteiger partial charge < -0.3 is 15.5 Å². The number of nitrogens with zero attached hydrogens (tertiary/aromatic N) is 1. The maximum atomic E-state index is 12.8. The van der Waals surface area contributed by atoms with Crippen molar-refractivity contribution in [2.75, 3.05) is 11.9 Å². The quantitative estimate of drug-likeness (QED) is 0.668. The number of anilines is 1. The number of carbonyl (C=O) groups is 4. The maximum absolute atomic E-state index is 12.8. The standard InChI is InChI=1S/C18H20N4O4/c23-15-7-6-14(17(25)21-15)22-9-11-10(18(22)26)3-1-4-12(11)20-16(24)13-5-2-8-19-13/h1,3-4,13-14,19H,2,5-9H2,(H,20,24)(H,21,23,25). The van der Waals surface area contributed by atoms with E-state index in [-0.39, 0.29) is 36.7 Å². The van der Waals surface area contributed by atoms with Crippen molar-refractivity contribution in [3.8, 4) is 0 Å². The SMILES string of the molecule is O=C1CCC(N2Cc3c(NC(=O)C4CCCN4)cccc3C2=O)C(=O)N1. The number of imide groups is 1. The van der Waals surface area contributed by atoms with Gasteiger partial charge in [0.2, 0.25) is 17.7 Å². The molecule has 3 heterocycles. The van der Waals surface area contributed by atoms with Crippen molar-refractivity contribution in [3.05, 3.63) is 29.3 Å². The Bertz CT molecular complexity index is 800. The Hall–Kier alpha value is -2.74. The molecule has 0 aromatic heterocycles. The molecule has 0 saturated carbocycles. The zero-order valence-corrected chi connectivity index (χ0v) is 14.2. The number of hydrogen-bond donors (Lipinski definition) is 3. The van der Waals surface area contributed by atoms with E-state index in [1.54, 1.807) is 18.2 Å². The lowest BCUT2D eigenvalue weighted by Crippen LogP contribution is -2.52. The Morgan fingerprint density at radius 3 is 2.77 bits per heavy atom. The van der Waals surface area contributed by atoms with E-state index in [0.29, 0.717) is 23.2 Å². The van der Waals surface area contributed by atoms with Crippen LogP contribution in [0.25, 0.3) is 0 Å². The minimum atomic E-state index is -0.660. The van der Waals surface area contributed by atoms with E-state index in [4.69, 9.17) is 0 Å². The molecule has 8 heteroatoms. The Morgan fingerprint density at radius 1 is 1.19 bits per heavy atom. The molecule has 2 fully saturated rings. The minimum absolute atomic E-state index is 0.109. The summed E-state index contributed by atoms with van der Waals surface area (Å²) in [6.07, 6.45) is 2.29. The zero-order valence-electron chi connectivity index (χ0n) is 14.2. The molecule has 3 aliphatic heterocycles. The second-order valence-corrected chi connectivity index (χ2v) is 6.87. The van der Waals surface area contributed by atoms with E-state index in [1.165, 1.54) is 4.90 Å². The average molecular weight is 356 g/mol. The fourth-order valence-electron chi connectivity index (χ4n) is 3.83. The summed E-state index contributed by atoms with van der Waals surface area (Å²) in [4.78, 5) is 50.1. The van der Waals surface area contributed by atoms with Gasteiger partial charge in [0.15, 0.2) is 0 Å². The van der Waals surface area contributed by atoms with Crippen LogP contribution in [-0.2, 0) is 20.9 Å². The maximum Gasteiger partial charge on any atom is 0.255 e. The van der Waals surface area contributed by atoms with Crippen molar-refractivity contribution >= 4 is 29.3 Å². The first kappa shape index (κ1) is 16.7. The molecule has 0 bridgehead atoms. The third-order valence-electron chi connectivity index (χ3n) is 5.22. The van der Waals surface area contributed by atoms with Crippen LogP contribution >= 0.6 is 0 Å². The highest BCUT2D eigenvalue weighted by atomic mass is 16.2. The minimum Gasteiger partial charge on any atom is -0.324 e. The summed E-state index contributed by atoms with van der Waals surface area (Å²) in [6.45, 7) is 1.07. The van der Waals surface area contributed by atoms with Gasteiger partial charge in [0.1, 0.15) is 6.04 Å². The van der Waals surface area contributed by atoms with Crippen LogP contribution in [0, 0.1) is 0 Å². The predicted molar refractivity (Wildman–Crippen MR) is 92.1 cm³/mol. The van der Waals surface area contributed by atoms with Crippen LogP contribution in [0.5, 0.6) is 0 Å². The van der Waals surface area contributed by atoms with Crippen molar-refractivity contribution in [2.45, 2.75) is 44.3 Å². The highest BCUT2D eigenvalue weighted by Crippen LogP contribution is 2.32. The van der Waals surface area contributed by atoms with Gasteiger partial charge in [-0.15, -0.1) is 0 Å². The van der Waals surface area contributed by atoms with Crippen LogP contribution in [-0.4, -0.2) is 47.2 Å². The molecule has 0 aliphatic carbocycles. The van der Waals surface area contributed by atoms with E-state index in [0.717, 1.165) is 19.4 Å². The molecule has 136 valence electrons. The number of nitrogens with one attached hydrogen (secondary N) is 3. The molecular formula is C18H20N4O4. The number of rotatable bonds is 3. The van der Waals surface area contributed by atoms with Gasteiger partial charge in [0.25, 0.3) is 5.91 Å². The highest BCUT2D eigenvalue weighted by molar-refractivity contribution is 6.07. The Labute approximate surface area is 150 Å². The van der Waals surface area contributed by atoms with E-state index >= 15 is 0 Å². The Morgan fingerprint density at radius 2 is 2.04 bits per heavy atom. The van der Waals surface area contributed by atoms with Gasteiger partial charge in [-0.05, 0) is 37.9 Å². The smallest absolute Gasteiger partial charge is 0.255 e. The number of hydrogen-bond acceptors (Lipinski definition) is 5. The van der Waals surface area contributed by atoms with Crippen LogP contribution in [0.15, 0.2) is 18.2 Å². The highest BCUT2D eigenvalue weighted by Gasteiger charge is 2.40. The molecule has 0 spiro atoms. The van der Waals surface area contributed by atoms with Gasteiger partial charge in [0, 0.05) is 29.8 Å². The first-order valence-corrected chi connectivity index (χ1v) is 8.85. The van der Waals surface area contributed by atoms with Gasteiger partial charge in [-0.3, -0.25) is 24.5 Å². The van der Waals surface area contributed by atoms with Crippen LogP contribution < -0.4 is 16.0 Å². The van der Waals surface area contributed by atoms with Gasteiger partial charge in [-0.25, -0.2) is 0 Å². The lowest BCUT2D eigenvalue weighted by atomic mass is 10.0. The van der Waals surface area contributed by atoms with Crippen LogP contribution in [0.1, 0.15) is 41.6 Å². The fourth-order valence-corrected chi connectivity index (χ4v) is 3.83. The zero-order chi connectivity index (χ0) is 18.3. The normalized spacial score (nSPS) is 25.2. The van der Waals surface area contributed by atoms with Crippen molar-refractivity contribution in [3.63, 3.8) is 0 Å². The third kappa shape index (κ3) is 2.86. The molecule has 3 N–H and O–H groups in total. The average Bonchev–Trinajstić information content (AvgIpc) is 3.25. The molecule has 2 atom stereocenters. The third-order valence-corrected chi connectivity index (χ3v) is 5.22. The molecule has 2 saturated heterocycles. The Balaban J connectivity index is 1.55. The number of piperidine rings is 1. The van der Waals surface area contributed by atoms with Gasteiger partial charge in [-0.1, -0.05) is 6.07 Å². The molecule has 1 aromatic carbocycles. The topological polar surface area (TPSA) is 108 Å². The lowest BCUT2D eigenvalue weighted by molar-refractivity contribution is -0.137. The van der Waals surface area contributed by atoms with Crippen LogP contribution in [0.3, 0.4) is 0 Å². The summed E-state index contributed by atoms with van der Waals surface area (Å²) in [5.41, 5.74) is 1.81. The summed E-state index contributed by atoms with van der Waals surface area (Å²) < 4.78 is 0. The summed E-state index contributed by atoms with van der Waals surface area (Å²) >= 11 is 0. The van der Waals surface area contributed by atoms with E-state index in [9.17, 15) is 19.2 Å². The second-order valence-electron chi connectivity index (χ2n) is 6.87. The number of fused-ring (bicyclic) bond motifs is 1.